The topological polar surface area (TPSA) is 48.1 Å². The van der Waals surface area contributed by atoms with Crippen molar-refractivity contribution in [3.63, 3.8) is 0 Å². The van der Waals surface area contributed by atoms with Crippen molar-refractivity contribution in [2.24, 2.45) is 0 Å². The van der Waals surface area contributed by atoms with Crippen LogP contribution in [0.2, 0.25) is 0 Å². The first-order valence-electron chi connectivity index (χ1n) is 4.72. The van der Waals surface area contributed by atoms with Gasteiger partial charge in [0.05, 0.1) is 4.47 Å². The average Bonchev–Trinajstić information content (AvgIpc) is 2.30. The van der Waals surface area contributed by atoms with Crippen molar-refractivity contribution in [3.05, 3.63) is 46.2 Å². The second-order valence-electron chi connectivity index (χ2n) is 3.32. The highest BCUT2D eigenvalue weighted by Crippen LogP contribution is 2.31. The Kier molecular flexibility index (Phi) is 3.42. The predicted octanol–water partition coefficient (Wildman–Crippen LogP) is 3.64. The third-order valence-electron chi connectivity index (χ3n) is 2.02. The van der Waals surface area contributed by atoms with Crippen molar-refractivity contribution in [1.29, 1.82) is 0 Å². The van der Waals surface area contributed by atoms with Crippen LogP contribution in [0.25, 0.3) is 0 Å². The van der Waals surface area contributed by atoms with Gasteiger partial charge in [-0.25, -0.2) is 13.2 Å². The molecule has 0 fully saturated rings. The first-order chi connectivity index (χ1) is 8.47. The maximum Gasteiger partial charge on any atom is 0.258 e. The van der Waals surface area contributed by atoms with Crippen LogP contribution < -0.4 is 10.5 Å². The summed E-state index contributed by atoms with van der Waals surface area (Å²) >= 11 is 3.10. The van der Waals surface area contributed by atoms with E-state index in [1.54, 1.807) is 0 Å². The van der Waals surface area contributed by atoms with Gasteiger partial charge in [0.1, 0.15) is 11.6 Å². The lowest BCUT2D eigenvalue weighted by Gasteiger charge is -2.08. The predicted molar refractivity (Wildman–Crippen MR) is 62.7 cm³/mol. The minimum Gasteiger partial charge on any atom is -0.435 e. The zero-order chi connectivity index (χ0) is 13.3. The van der Waals surface area contributed by atoms with Crippen molar-refractivity contribution in [3.8, 4) is 11.6 Å². The summed E-state index contributed by atoms with van der Waals surface area (Å²) in [6.07, 6.45) is 0. The van der Waals surface area contributed by atoms with Crippen LogP contribution in [-0.2, 0) is 0 Å². The van der Waals surface area contributed by atoms with Crippen LogP contribution in [0.15, 0.2) is 28.7 Å². The Morgan fingerprint density at radius 1 is 1.11 bits per heavy atom. The third kappa shape index (κ3) is 2.56. The molecule has 1 heterocycles. The number of halogens is 4. The standard InChI is InChI=1S/C11H6BrF3N2O/c12-6-2-1-5(13)3-9(6)18-11-8(15)4-7(14)10(16)17-11/h1-4H,(H2,16,17). The molecule has 1 aromatic carbocycles. The molecule has 0 bridgehead atoms. The van der Waals surface area contributed by atoms with E-state index >= 15 is 0 Å². The number of nitrogen functional groups attached to an aromatic ring is 1. The molecule has 2 aromatic rings. The minimum absolute atomic E-state index is 0.00686. The number of nitrogens with two attached hydrogens (primary N) is 1. The summed E-state index contributed by atoms with van der Waals surface area (Å²) < 4.78 is 44.7. The Morgan fingerprint density at radius 3 is 2.56 bits per heavy atom. The lowest BCUT2D eigenvalue weighted by Crippen LogP contribution is -2.00. The van der Waals surface area contributed by atoms with Crippen LogP contribution in [0.4, 0.5) is 19.0 Å². The highest BCUT2D eigenvalue weighted by Gasteiger charge is 2.13. The van der Waals surface area contributed by atoms with Crippen molar-refractivity contribution in [1.82, 2.24) is 4.98 Å². The molecule has 0 unspecified atom stereocenters. The Labute approximate surface area is 109 Å². The monoisotopic (exact) mass is 318 g/mol. The van der Waals surface area contributed by atoms with E-state index in [1.165, 1.54) is 12.1 Å². The quantitative estimate of drug-likeness (QED) is 0.919. The second-order valence-corrected chi connectivity index (χ2v) is 4.17. The van der Waals surface area contributed by atoms with E-state index in [4.69, 9.17) is 10.5 Å². The zero-order valence-corrected chi connectivity index (χ0v) is 10.3. The summed E-state index contributed by atoms with van der Waals surface area (Å²) in [7, 11) is 0. The summed E-state index contributed by atoms with van der Waals surface area (Å²) in [6.45, 7) is 0. The van der Waals surface area contributed by atoms with Gasteiger partial charge >= 0.3 is 0 Å². The molecular formula is C11H6BrF3N2O. The van der Waals surface area contributed by atoms with Crippen LogP contribution in [0.5, 0.6) is 11.6 Å². The molecule has 0 saturated carbocycles. The molecule has 0 saturated heterocycles. The van der Waals surface area contributed by atoms with Crippen LogP contribution in [-0.4, -0.2) is 4.98 Å². The number of anilines is 1. The Hall–Kier alpha value is -1.76. The molecule has 94 valence electrons. The van der Waals surface area contributed by atoms with E-state index in [2.05, 4.69) is 20.9 Å². The molecule has 7 heteroatoms. The van der Waals surface area contributed by atoms with E-state index in [-0.39, 0.29) is 5.75 Å². The molecular weight excluding hydrogens is 313 g/mol. The maximum absolute atomic E-state index is 13.4. The molecule has 0 spiro atoms. The molecule has 2 rings (SSSR count). The second kappa shape index (κ2) is 4.85. The fourth-order valence-corrected chi connectivity index (χ4v) is 1.52. The smallest absolute Gasteiger partial charge is 0.258 e. The molecule has 18 heavy (non-hydrogen) atoms. The Morgan fingerprint density at radius 2 is 1.83 bits per heavy atom. The van der Waals surface area contributed by atoms with Gasteiger partial charge in [-0.05, 0) is 28.1 Å². The van der Waals surface area contributed by atoms with Crippen molar-refractivity contribution in [2.45, 2.75) is 0 Å². The molecule has 0 aliphatic carbocycles. The highest BCUT2D eigenvalue weighted by molar-refractivity contribution is 9.10. The zero-order valence-electron chi connectivity index (χ0n) is 8.75. The lowest BCUT2D eigenvalue weighted by molar-refractivity contribution is 0.413. The van der Waals surface area contributed by atoms with E-state index in [1.807, 2.05) is 0 Å². The third-order valence-corrected chi connectivity index (χ3v) is 2.68. The normalized spacial score (nSPS) is 10.4. The lowest BCUT2D eigenvalue weighted by atomic mass is 10.3. The molecule has 0 aliphatic rings. The van der Waals surface area contributed by atoms with E-state index in [9.17, 15) is 13.2 Å². The molecule has 3 nitrogen and oxygen atoms in total. The molecule has 0 amide bonds. The number of rotatable bonds is 2. The van der Waals surface area contributed by atoms with Crippen LogP contribution >= 0.6 is 15.9 Å². The Balaban J connectivity index is 2.40. The Bertz CT molecular complexity index is 607. The maximum atomic E-state index is 13.4. The van der Waals surface area contributed by atoms with Gasteiger partial charge in [0.15, 0.2) is 17.5 Å². The summed E-state index contributed by atoms with van der Waals surface area (Å²) in [5.41, 5.74) is 5.19. The first kappa shape index (κ1) is 12.7. The summed E-state index contributed by atoms with van der Waals surface area (Å²) in [5, 5.41) is 0. The highest BCUT2D eigenvalue weighted by atomic mass is 79.9. The average molecular weight is 319 g/mol. The van der Waals surface area contributed by atoms with Crippen LogP contribution in [0, 0.1) is 17.5 Å². The van der Waals surface area contributed by atoms with Crippen molar-refractivity contribution >= 4 is 21.7 Å². The van der Waals surface area contributed by atoms with Gasteiger partial charge in [0.25, 0.3) is 5.88 Å². The number of ether oxygens (including phenoxy) is 1. The number of hydrogen-bond acceptors (Lipinski definition) is 3. The van der Waals surface area contributed by atoms with Gasteiger partial charge < -0.3 is 10.5 Å². The minimum atomic E-state index is -1.03. The van der Waals surface area contributed by atoms with Crippen LogP contribution in [0.3, 0.4) is 0 Å². The van der Waals surface area contributed by atoms with Gasteiger partial charge in [0, 0.05) is 12.1 Å². The van der Waals surface area contributed by atoms with Gasteiger partial charge in [-0.3, -0.25) is 0 Å². The van der Waals surface area contributed by atoms with Gasteiger partial charge in [-0.1, -0.05) is 0 Å². The first-order valence-corrected chi connectivity index (χ1v) is 5.51. The molecule has 0 radical (unpaired) electrons. The number of nitrogens with zero attached hydrogens (tertiary/aromatic N) is 1. The van der Waals surface area contributed by atoms with E-state index in [0.717, 1.165) is 6.07 Å². The molecule has 0 atom stereocenters. The number of benzene rings is 1. The SMILES string of the molecule is Nc1nc(Oc2cc(F)ccc2Br)c(F)cc1F. The molecule has 1 aromatic heterocycles. The molecule has 0 aliphatic heterocycles. The number of aromatic nitrogens is 1. The van der Waals surface area contributed by atoms with Gasteiger partial charge in [0.2, 0.25) is 0 Å². The van der Waals surface area contributed by atoms with Crippen molar-refractivity contribution < 1.29 is 17.9 Å². The molecule has 2 N–H and O–H groups in total. The summed E-state index contributed by atoms with van der Waals surface area (Å²) in [6, 6.07) is 4.16. The largest absolute Gasteiger partial charge is 0.435 e. The summed E-state index contributed by atoms with van der Waals surface area (Å²) in [5.74, 6) is -3.61. The fourth-order valence-electron chi connectivity index (χ4n) is 1.19. The van der Waals surface area contributed by atoms with Gasteiger partial charge in [-0.15, -0.1) is 0 Å². The number of pyridine rings is 1. The van der Waals surface area contributed by atoms with Crippen molar-refractivity contribution in [2.75, 3.05) is 5.73 Å². The van der Waals surface area contributed by atoms with E-state index in [0.29, 0.717) is 10.5 Å². The fraction of sp³-hybridized carbons (Fsp3) is 0. The van der Waals surface area contributed by atoms with Gasteiger partial charge in [-0.2, -0.15) is 4.98 Å². The van der Waals surface area contributed by atoms with Crippen LogP contribution in [0.1, 0.15) is 0 Å². The van der Waals surface area contributed by atoms with E-state index < -0.39 is 29.1 Å². The number of hydrogen-bond donors (Lipinski definition) is 1. The summed E-state index contributed by atoms with van der Waals surface area (Å²) in [4.78, 5) is 3.40.